The summed E-state index contributed by atoms with van der Waals surface area (Å²) in [5.41, 5.74) is 4.29. The average molecular weight is 313 g/mol. The molecule has 1 aromatic heterocycles. The second kappa shape index (κ2) is 5.88. The molecule has 0 aliphatic rings. The van der Waals surface area contributed by atoms with Crippen molar-refractivity contribution in [1.82, 2.24) is 10.1 Å². The van der Waals surface area contributed by atoms with Gasteiger partial charge in [-0.1, -0.05) is 0 Å². The van der Waals surface area contributed by atoms with Gasteiger partial charge < -0.3 is 10.5 Å². The summed E-state index contributed by atoms with van der Waals surface area (Å²) in [4.78, 5) is 14.6. The Morgan fingerprint density at radius 3 is 2.73 bits per heavy atom. The monoisotopic (exact) mass is 313 g/mol. The van der Waals surface area contributed by atoms with E-state index in [1.165, 1.54) is 30.4 Å². The molecule has 1 heterocycles. The van der Waals surface area contributed by atoms with Gasteiger partial charge in [0.05, 0.1) is 18.2 Å². The van der Waals surface area contributed by atoms with Crippen molar-refractivity contribution in [3.8, 4) is 17.1 Å². The summed E-state index contributed by atoms with van der Waals surface area (Å²) in [6, 6.07) is 3.26. The van der Waals surface area contributed by atoms with Crippen LogP contribution >= 0.6 is 0 Å². The third-order valence-electron chi connectivity index (χ3n) is 2.69. The number of rotatable bonds is 4. The smallest absolute Gasteiger partial charge is 0.416 e. The van der Waals surface area contributed by atoms with Gasteiger partial charge in [-0.25, -0.2) is 0 Å². The standard InChI is InChI=1S/C13H11F3N4O2/c1-22-10-5-8(4-9(6-10)13(14,15)16)12-18-7-20(19-12)3-2-11(17)21/h2-7H,1H3,(H2,17,21)/p+1/b3-2-. The number of amides is 1. The lowest BCUT2D eigenvalue weighted by Gasteiger charge is -2.09. The van der Waals surface area contributed by atoms with E-state index in [4.69, 9.17) is 10.5 Å². The summed E-state index contributed by atoms with van der Waals surface area (Å²) in [7, 11) is 1.27. The van der Waals surface area contributed by atoms with Gasteiger partial charge in [0, 0.05) is 6.08 Å². The summed E-state index contributed by atoms with van der Waals surface area (Å²) in [5.74, 6) is -0.427. The maximum absolute atomic E-state index is 12.9. The number of hydrogen-bond acceptors (Lipinski definition) is 3. The highest BCUT2D eigenvalue weighted by Gasteiger charge is 2.32. The largest absolute Gasteiger partial charge is 0.497 e. The summed E-state index contributed by atoms with van der Waals surface area (Å²) >= 11 is 0. The molecule has 0 spiro atoms. The molecule has 3 N–H and O–H groups in total. The van der Waals surface area contributed by atoms with Gasteiger partial charge in [0.1, 0.15) is 11.9 Å². The first-order valence-electron chi connectivity index (χ1n) is 6.00. The fourth-order valence-corrected chi connectivity index (χ4v) is 1.69. The number of nitrogens with zero attached hydrogens (tertiary/aromatic N) is 2. The zero-order valence-electron chi connectivity index (χ0n) is 11.4. The third kappa shape index (κ3) is 3.62. The van der Waals surface area contributed by atoms with E-state index in [0.717, 1.165) is 18.2 Å². The molecule has 0 atom stereocenters. The lowest BCUT2D eigenvalue weighted by atomic mass is 10.1. The first-order chi connectivity index (χ1) is 10.3. The summed E-state index contributed by atoms with van der Waals surface area (Å²) < 4.78 is 44.7. The van der Waals surface area contributed by atoms with E-state index in [1.54, 1.807) is 0 Å². The van der Waals surface area contributed by atoms with Crippen molar-refractivity contribution in [2.75, 3.05) is 7.11 Å². The molecule has 6 nitrogen and oxygen atoms in total. The number of H-pyrrole nitrogens is 1. The van der Waals surface area contributed by atoms with Crippen LogP contribution in [0.1, 0.15) is 5.56 Å². The topological polar surface area (TPSA) is 84.9 Å². The van der Waals surface area contributed by atoms with E-state index in [-0.39, 0.29) is 17.1 Å². The van der Waals surface area contributed by atoms with Gasteiger partial charge >= 0.3 is 12.5 Å². The lowest BCUT2D eigenvalue weighted by Crippen LogP contribution is -2.27. The number of halogens is 3. The number of benzene rings is 1. The molecule has 0 aliphatic heterocycles. The van der Waals surface area contributed by atoms with E-state index < -0.39 is 17.6 Å². The van der Waals surface area contributed by atoms with Crippen molar-refractivity contribution in [3.63, 3.8) is 0 Å². The van der Waals surface area contributed by atoms with Gasteiger partial charge in [0.15, 0.2) is 0 Å². The van der Waals surface area contributed by atoms with Crippen LogP contribution in [0.25, 0.3) is 17.6 Å². The highest BCUT2D eigenvalue weighted by Crippen LogP contribution is 2.34. The molecule has 116 valence electrons. The normalized spacial score (nSPS) is 11.8. The van der Waals surface area contributed by atoms with Gasteiger partial charge in [0.25, 0.3) is 5.82 Å². The van der Waals surface area contributed by atoms with Crippen molar-refractivity contribution in [1.29, 1.82) is 0 Å². The van der Waals surface area contributed by atoms with Gasteiger partial charge in [0.2, 0.25) is 5.91 Å². The molecule has 1 amide bonds. The molecule has 2 aromatic rings. The number of hydrogen-bond donors (Lipinski definition) is 2. The fraction of sp³-hybridized carbons (Fsp3) is 0.154. The van der Waals surface area contributed by atoms with Crippen molar-refractivity contribution in [2.45, 2.75) is 6.18 Å². The molecule has 9 heteroatoms. The van der Waals surface area contributed by atoms with Crippen LogP contribution in [-0.4, -0.2) is 23.1 Å². The van der Waals surface area contributed by atoms with Crippen molar-refractivity contribution >= 4 is 12.1 Å². The molecule has 0 radical (unpaired) electrons. The van der Waals surface area contributed by atoms with E-state index in [9.17, 15) is 18.0 Å². The molecule has 0 fully saturated rings. The predicted molar refractivity (Wildman–Crippen MR) is 70.3 cm³/mol. The average Bonchev–Trinajstić information content (AvgIpc) is 2.92. The first-order valence-corrected chi connectivity index (χ1v) is 6.00. The minimum atomic E-state index is -4.50. The number of carbonyl (C=O) groups is 1. The Balaban J connectivity index is 2.42. The quantitative estimate of drug-likeness (QED) is 0.660. The number of aromatic nitrogens is 3. The number of aromatic amines is 1. The third-order valence-corrected chi connectivity index (χ3v) is 2.69. The molecular formula is C13H12F3N4O2+. The number of methoxy groups -OCH3 is 1. The Hall–Kier alpha value is -2.84. The van der Waals surface area contributed by atoms with E-state index in [1.807, 2.05) is 0 Å². The number of alkyl halides is 3. The second-order valence-corrected chi connectivity index (χ2v) is 4.28. The van der Waals surface area contributed by atoms with Crippen LogP contribution in [0.2, 0.25) is 0 Å². The maximum Gasteiger partial charge on any atom is 0.416 e. The lowest BCUT2D eigenvalue weighted by molar-refractivity contribution is -0.630. The second-order valence-electron chi connectivity index (χ2n) is 4.28. The Morgan fingerprint density at radius 1 is 1.41 bits per heavy atom. The van der Waals surface area contributed by atoms with E-state index >= 15 is 0 Å². The van der Waals surface area contributed by atoms with Crippen molar-refractivity contribution < 1.29 is 27.4 Å². The summed E-state index contributed by atoms with van der Waals surface area (Å²) in [6.07, 6.45) is -0.836. The van der Waals surface area contributed by atoms with Crippen LogP contribution in [0.4, 0.5) is 13.2 Å². The number of carbonyl (C=O) groups excluding carboxylic acids is 1. The molecule has 22 heavy (non-hydrogen) atoms. The molecule has 1 aromatic carbocycles. The summed E-state index contributed by atoms with van der Waals surface area (Å²) in [6.45, 7) is 0. The summed E-state index contributed by atoms with van der Waals surface area (Å²) in [5, 5.41) is 2.70. The number of ether oxygens (including phenoxy) is 1. The van der Waals surface area contributed by atoms with Crippen LogP contribution in [0, 0.1) is 0 Å². The minimum Gasteiger partial charge on any atom is -0.497 e. The van der Waals surface area contributed by atoms with Crippen LogP contribution < -0.4 is 15.2 Å². The minimum absolute atomic E-state index is 0.0560. The van der Waals surface area contributed by atoms with Gasteiger partial charge in [-0.3, -0.25) is 4.79 Å². The molecule has 0 saturated carbocycles. The number of nitrogens with two attached hydrogens (primary N) is 1. The molecule has 0 aliphatic carbocycles. The van der Waals surface area contributed by atoms with Gasteiger partial charge in [-0.15, -0.1) is 4.68 Å². The SMILES string of the molecule is COc1cc(-c2nc[n+](/C=C\C(N)=O)[nH]2)cc(C(F)(F)F)c1. The van der Waals surface area contributed by atoms with Crippen molar-refractivity contribution in [3.05, 3.63) is 36.2 Å². The highest BCUT2D eigenvalue weighted by atomic mass is 19.4. The van der Waals surface area contributed by atoms with Gasteiger partial charge in [-0.2, -0.15) is 18.3 Å². The number of primary amides is 1. The highest BCUT2D eigenvalue weighted by molar-refractivity contribution is 5.87. The Morgan fingerprint density at radius 2 is 2.14 bits per heavy atom. The molecule has 2 rings (SSSR count). The molecule has 0 saturated heterocycles. The van der Waals surface area contributed by atoms with Crippen LogP contribution in [0.5, 0.6) is 5.75 Å². The Bertz CT molecular complexity index is 722. The number of nitrogens with one attached hydrogen (secondary N) is 1. The van der Waals surface area contributed by atoms with Crippen LogP contribution in [-0.2, 0) is 11.0 Å². The molecular weight excluding hydrogens is 301 g/mol. The van der Waals surface area contributed by atoms with Crippen molar-refractivity contribution in [2.24, 2.45) is 5.73 Å². The Kier molecular flexibility index (Phi) is 4.15. The first kappa shape index (κ1) is 15.5. The van der Waals surface area contributed by atoms with Crippen LogP contribution in [0.3, 0.4) is 0 Å². The zero-order valence-corrected chi connectivity index (χ0v) is 11.4. The predicted octanol–water partition coefficient (Wildman–Crippen LogP) is 1.35. The molecule has 0 unspecified atom stereocenters. The Labute approximate surface area is 123 Å². The zero-order chi connectivity index (χ0) is 16.3. The van der Waals surface area contributed by atoms with E-state index in [2.05, 4.69) is 10.1 Å². The maximum atomic E-state index is 12.9. The van der Waals surface area contributed by atoms with Crippen LogP contribution in [0.15, 0.2) is 30.6 Å². The van der Waals surface area contributed by atoms with Gasteiger partial charge in [-0.05, 0) is 23.2 Å². The van der Waals surface area contributed by atoms with E-state index in [0.29, 0.717) is 0 Å². The fourth-order valence-electron chi connectivity index (χ4n) is 1.69. The molecule has 0 bridgehead atoms.